The molecule has 0 aliphatic carbocycles. The minimum absolute atomic E-state index is 0.139. The van der Waals surface area contributed by atoms with Crippen LogP contribution in [0.15, 0.2) is 60.7 Å². The van der Waals surface area contributed by atoms with Crippen LogP contribution in [-0.2, 0) is 29.0 Å². The fourth-order valence-corrected chi connectivity index (χ4v) is 6.26. The van der Waals surface area contributed by atoms with E-state index in [4.69, 9.17) is 19.3 Å². The highest BCUT2D eigenvalue weighted by atomic mass is 16.5. The zero-order valence-electron chi connectivity index (χ0n) is 25.5. The molecule has 0 saturated carbocycles. The quantitative estimate of drug-likeness (QED) is 0.145. The zero-order valence-corrected chi connectivity index (χ0v) is 25.5. The Bertz CT molecular complexity index is 1750. The summed E-state index contributed by atoms with van der Waals surface area (Å²) in [6.45, 7) is 9.23. The van der Waals surface area contributed by atoms with Crippen molar-refractivity contribution < 1.29 is 24.1 Å². The van der Waals surface area contributed by atoms with Crippen molar-refractivity contribution in [2.24, 2.45) is 0 Å². The number of carbonyl (C=O) groups excluding carboxylic acids is 1. The highest BCUT2D eigenvalue weighted by Gasteiger charge is 2.24. The summed E-state index contributed by atoms with van der Waals surface area (Å²) in [6.07, 6.45) is 1.35. The molecule has 5 aromatic rings. The number of carbonyl (C=O) groups is 1. The van der Waals surface area contributed by atoms with Gasteiger partial charge in [0.1, 0.15) is 11.4 Å². The Labute approximate surface area is 257 Å². The molecule has 44 heavy (non-hydrogen) atoms. The van der Waals surface area contributed by atoms with Crippen LogP contribution < -0.4 is 4.74 Å². The molecule has 1 saturated heterocycles. The van der Waals surface area contributed by atoms with E-state index in [9.17, 15) is 9.90 Å². The zero-order chi connectivity index (χ0) is 30.5. The second kappa shape index (κ2) is 13.6. The summed E-state index contributed by atoms with van der Waals surface area (Å²) in [5, 5.41) is 18.5. The molecule has 1 aliphatic heterocycles. The molecule has 0 radical (unpaired) electrons. The molecule has 6 rings (SSSR count). The minimum atomic E-state index is -0.375. The van der Waals surface area contributed by atoms with Gasteiger partial charge in [0.15, 0.2) is 0 Å². The summed E-state index contributed by atoms with van der Waals surface area (Å²) in [5.41, 5.74) is 5.60. The van der Waals surface area contributed by atoms with Gasteiger partial charge in [-0.25, -0.2) is 4.79 Å². The van der Waals surface area contributed by atoms with Crippen LogP contribution in [0.25, 0.3) is 32.8 Å². The van der Waals surface area contributed by atoms with Crippen LogP contribution >= 0.6 is 0 Å². The smallest absolute Gasteiger partial charge is 0.355 e. The SMILES string of the molecule is CCOC(=O)c1[nH]c2c(-c3c(C)nn(CCN4CCOCC4)c3CO)cccc2c1CCCOc1cccc2ccccc12. The van der Waals surface area contributed by atoms with Gasteiger partial charge in [-0.05, 0) is 43.7 Å². The Hall–Kier alpha value is -4.18. The molecule has 3 heterocycles. The number of nitrogens with one attached hydrogen (secondary N) is 1. The highest BCUT2D eigenvalue weighted by molar-refractivity contribution is 6.04. The van der Waals surface area contributed by atoms with Gasteiger partial charge in [-0.2, -0.15) is 5.10 Å². The number of H-pyrrole nitrogens is 1. The fourth-order valence-electron chi connectivity index (χ4n) is 6.26. The topological polar surface area (TPSA) is 102 Å². The summed E-state index contributed by atoms with van der Waals surface area (Å²) < 4.78 is 19.1. The number of nitrogens with zero attached hydrogens (tertiary/aromatic N) is 3. The van der Waals surface area contributed by atoms with Gasteiger partial charge in [-0.3, -0.25) is 9.58 Å². The van der Waals surface area contributed by atoms with Gasteiger partial charge < -0.3 is 24.3 Å². The van der Waals surface area contributed by atoms with E-state index in [2.05, 4.69) is 28.1 Å². The van der Waals surface area contributed by atoms with Gasteiger partial charge in [-0.15, -0.1) is 0 Å². The number of hydrogen-bond donors (Lipinski definition) is 2. The first-order chi connectivity index (χ1) is 21.6. The van der Waals surface area contributed by atoms with E-state index in [1.807, 2.05) is 61.0 Å². The number of aliphatic hydroxyl groups excluding tert-OH is 1. The van der Waals surface area contributed by atoms with Crippen LogP contribution in [-0.4, -0.2) is 76.8 Å². The van der Waals surface area contributed by atoms with E-state index in [-0.39, 0.29) is 19.2 Å². The molecule has 0 unspecified atom stereocenters. The third-order valence-electron chi connectivity index (χ3n) is 8.38. The van der Waals surface area contributed by atoms with Gasteiger partial charge >= 0.3 is 5.97 Å². The number of aromatic nitrogens is 3. The third kappa shape index (κ3) is 6.08. The molecular formula is C35H40N4O5. The molecular weight excluding hydrogens is 556 g/mol. The second-order valence-corrected chi connectivity index (χ2v) is 11.1. The number of aliphatic hydroxyl groups is 1. The summed E-state index contributed by atoms with van der Waals surface area (Å²) in [6, 6.07) is 20.3. The van der Waals surface area contributed by atoms with Crippen molar-refractivity contribution >= 4 is 27.6 Å². The Kier molecular flexibility index (Phi) is 9.26. The molecule has 0 amide bonds. The largest absolute Gasteiger partial charge is 0.493 e. The van der Waals surface area contributed by atoms with Gasteiger partial charge in [0, 0.05) is 41.5 Å². The predicted octanol–water partition coefficient (Wildman–Crippen LogP) is 5.51. The van der Waals surface area contributed by atoms with Gasteiger partial charge in [-0.1, -0.05) is 54.6 Å². The molecule has 1 aliphatic rings. The van der Waals surface area contributed by atoms with Gasteiger partial charge in [0.05, 0.1) is 56.5 Å². The van der Waals surface area contributed by atoms with E-state index in [0.717, 1.165) is 88.4 Å². The fraction of sp³-hybridized carbons (Fsp3) is 0.371. The maximum atomic E-state index is 13.2. The number of fused-ring (bicyclic) bond motifs is 2. The lowest BCUT2D eigenvalue weighted by Crippen LogP contribution is -2.38. The van der Waals surface area contributed by atoms with Crippen molar-refractivity contribution in [3.05, 3.63) is 83.3 Å². The Morgan fingerprint density at radius 1 is 1.02 bits per heavy atom. The van der Waals surface area contributed by atoms with Crippen molar-refractivity contribution in [1.82, 2.24) is 19.7 Å². The highest BCUT2D eigenvalue weighted by Crippen LogP contribution is 2.36. The molecule has 2 aromatic heterocycles. The molecule has 9 nitrogen and oxygen atoms in total. The Morgan fingerprint density at radius 3 is 2.61 bits per heavy atom. The normalized spacial score (nSPS) is 14.0. The molecule has 0 atom stereocenters. The van der Waals surface area contributed by atoms with E-state index in [1.165, 1.54) is 0 Å². The third-order valence-corrected chi connectivity index (χ3v) is 8.38. The number of aromatic amines is 1. The number of rotatable bonds is 12. The number of para-hydroxylation sites is 1. The standard InChI is InChI=1S/C35H40N4O5/c1-3-43-35(41)34-28(14-8-20-44-31-15-6-10-25-9-4-5-11-26(25)31)27-12-7-13-29(33(27)36-34)32-24(2)37-39(30(32)23-40)17-16-38-18-21-42-22-19-38/h4-7,9-13,15,36,40H,3,8,14,16-23H2,1-2H3. The molecule has 2 N–H and O–H groups in total. The van der Waals surface area contributed by atoms with E-state index in [0.29, 0.717) is 31.7 Å². The number of ether oxygens (including phenoxy) is 3. The van der Waals surface area contributed by atoms with Crippen LogP contribution in [0.5, 0.6) is 5.75 Å². The number of hydrogen-bond acceptors (Lipinski definition) is 7. The molecule has 3 aromatic carbocycles. The lowest BCUT2D eigenvalue weighted by atomic mass is 9.98. The predicted molar refractivity (Wildman–Crippen MR) is 171 cm³/mol. The Morgan fingerprint density at radius 2 is 1.80 bits per heavy atom. The monoisotopic (exact) mass is 596 g/mol. The molecule has 0 bridgehead atoms. The number of benzene rings is 3. The van der Waals surface area contributed by atoms with Crippen LogP contribution in [0.3, 0.4) is 0 Å². The number of esters is 1. The maximum absolute atomic E-state index is 13.2. The maximum Gasteiger partial charge on any atom is 0.355 e. The summed E-state index contributed by atoms with van der Waals surface area (Å²) in [4.78, 5) is 18.9. The summed E-state index contributed by atoms with van der Waals surface area (Å²) in [5.74, 6) is 0.479. The second-order valence-electron chi connectivity index (χ2n) is 11.1. The van der Waals surface area contributed by atoms with Crippen LogP contribution in [0.4, 0.5) is 0 Å². The van der Waals surface area contributed by atoms with Crippen molar-refractivity contribution in [3.8, 4) is 16.9 Å². The van der Waals surface area contributed by atoms with Crippen LogP contribution in [0, 0.1) is 6.92 Å². The van der Waals surface area contributed by atoms with Crippen LogP contribution in [0.1, 0.15) is 40.8 Å². The van der Waals surface area contributed by atoms with Gasteiger partial charge in [0.25, 0.3) is 0 Å². The average Bonchev–Trinajstić information content (AvgIpc) is 3.59. The number of morpholine rings is 1. The van der Waals surface area contributed by atoms with Crippen molar-refractivity contribution in [1.29, 1.82) is 0 Å². The molecule has 9 heteroatoms. The van der Waals surface area contributed by atoms with Crippen molar-refractivity contribution in [2.45, 2.75) is 39.8 Å². The molecule has 230 valence electrons. The first-order valence-corrected chi connectivity index (χ1v) is 15.5. The molecule has 0 spiro atoms. The lowest BCUT2D eigenvalue weighted by Gasteiger charge is -2.26. The van der Waals surface area contributed by atoms with Crippen molar-refractivity contribution in [2.75, 3.05) is 46.1 Å². The van der Waals surface area contributed by atoms with E-state index >= 15 is 0 Å². The lowest BCUT2D eigenvalue weighted by molar-refractivity contribution is 0.0357. The Balaban J connectivity index is 1.28. The minimum Gasteiger partial charge on any atom is -0.493 e. The first-order valence-electron chi connectivity index (χ1n) is 15.5. The van der Waals surface area contributed by atoms with Crippen LogP contribution in [0.2, 0.25) is 0 Å². The summed E-state index contributed by atoms with van der Waals surface area (Å²) >= 11 is 0. The first kappa shape index (κ1) is 29.9. The average molecular weight is 597 g/mol. The van der Waals surface area contributed by atoms with Crippen molar-refractivity contribution in [3.63, 3.8) is 0 Å². The molecule has 1 fully saturated rings. The van der Waals surface area contributed by atoms with E-state index < -0.39 is 0 Å². The number of aryl methyl sites for hydroxylation is 2. The van der Waals surface area contributed by atoms with E-state index in [1.54, 1.807) is 0 Å². The van der Waals surface area contributed by atoms with Gasteiger partial charge in [0.2, 0.25) is 0 Å². The summed E-state index contributed by atoms with van der Waals surface area (Å²) in [7, 11) is 0.